The standard InChI is InChI=1S/C24H20ClNO2/c1-24(2)11-17-20(18(27)12-24)19(13-6-5-7-14(25)10-13)21-22(26-17)15-8-3-4-9-16(15)23(21)28/h3-10,19,26H,11-12H2,1-2H3/t19-/m1/s1. The molecule has 1 heterocycles. The summed E-state index contributed by atoms with van der Waals surface area (Å²) in [5.41, 5.74) is 5.56. The van der Waals surface area contributed by atoms with Gasteiger partial charge in [0.05, 0.1) is 5.70 Å². The number of allylic oxidation sites excluding steroid dienone is 3. The van der Waals surface area contributed by atoms with Crippen molar-refractivity contribution in [2.24, 2.45) is 5.41 Å². The van der Waals surface area contributed by atoms with Gasteiger partial charge < -0.3 is 5.32 Å². The van der Waals surface area contributed by atoms with Gasteiger partial charge in [-0.3, -0.25) is 9.59 Å². The molecule has 1 N–H and O–H groups in total. The summed E-state index contributed by atoms with van der Waals surface area (Å²) in [7, 11) is 0. The van der Waals surface area contributed by atoms with E-state index >= 15 is 0 Å². The summed E-state index contributed by atoms with van der Waals surface area (Å²) in [5.74, 6) is -0.278. The van der Waals surface area contributed by atoms with Gasteiger partial charge in [-0.2, -0.15) is 0 Å². The topological polar surface area (TPSA) is 46.2 Å². The molecule has 3 aliphatic rings. The molecule has 1 atom stereocenters. The molecular formula is C24H20ClNO2. The summed E-state index contributed by atoms with van der Waals surface area (Å²) in [4.78, 5) is 26.6. The maximum atomic E-state index is 13.3. The van der Waals surface area contributed by atoms with E-state index in [1.54, 1.807) is 0 Å². The summed E-state index contributed by atoms with van der Waals surface area (Å²) in [6, 6.07) is 15.2. The van der Waals surface area contributed by atoms with E-state index in [0.29, 0.717) is 22.6 Å². The first-order valence-electron chi connectivity index (χ1n) is 9.53. The number of ketones is 2. The Labute approximate surface area is 169 Å². The van der Waals surface area contributed by atoms with E-state index in [2.05, 4.69) is 19.2 Å². The number of hydrogen-bond donors (Lipinski definition) is 1. The van der Waals surface area contributed by atoms with Gasteiger partial charge in [0.25, 0.3) is 0 Å². The van der Waals surface area contributed by atoms with Crippen LogP contribution < -0.4 is 5.32 Å². The Morgan fingerprint density at radius 2 is 1.71 bits per heavy atom. The van der Waals surface area contributed by atoms with Crippen LogP contribution in [0.1, 0.15) is 54.1 Å². The Balaban J connectivity index is 1.76. The number of halogens is 1. The van der Waals surface area contributed by atoms with Crippen LogP contribution in [0.4, 0.5) is 0 Å². The van der Waals surface area contributed by atoms with Gasteiger partial charge in [-0.15, -0.1) is 0 Å². The number of Topliss-reactive ketones (excluding diaryl/α,β-unsaturated/α-hetero) is 2. The summed E-state index contributed by atoms with van der Waals surface area (Å²) < 4.78 is 0. The lowest BCUT2D eigenvalue weighted by Crippen LogP contribution is -2.37. The fourth-order valence-electron chi connectivity index (χ4n) is 4.81. The average Bonchev–Trinajstić information content (AvgIpc) is 2.92. The lowest BCUT2D eigenvalue weighted by atomic mass is 9.68. The fraction of sp³-hybridized carbons (Fsp3) is 0.250. The maximum absolute atomic E-state index is 13.3. The minimum absolute atomic E-state index is 0.00717. The number of dihydropyridines is 1. The van der Waals surface area contributed by atoms with E-state index in [0.717, 1.165) is 34.5 Å². The molecule has 0 unspecified atom stereocenters. The van der Waals surface area contributed by atoms with Gasteiger partial charge in [0.2, 0.25) is 0 Å². The first-order valence-corrected chi connectivity index (χ1v) is 9.90. The molecule has 1 aliphatic heterocycles. The average molecular weight is 390 g/mol. The molecule has 0 fully saturated rings. The zero-order chi connectivity index (χ0) is 19.6. The molecule has 5 rings (SSSR count). The molecule has 2 aromatic carbocycles. The second kappa shape index (κ2) is 5.92. The second-order valence-corrected chi connectivity index (χ2v) is 9.05. The number of benzene rings is 2. The van der Waals surface area contributed by atoms with Crippen LogP contribution in [0.5, 0.6) is 0 Å². The van der Waals surface area contributed by atoms with Crippen LogP contribution >= 0.6 is 11.6 Å². The Kier molecular flexibility index (Phi) is 3.69. The molecule has 28 heavy (non-hydrogen) atoms. The van der Waals surface area contributed by atoms with Gasteiger partial charge in [0.15, 0.2) is 11.6 Å². The van der Waals surface area contributed by atoms with E-state index in [4.69, 9.17) is 11.6 Å². The molecule has 2 aromatic rings. The second-order valence-electron chi connectivity index (χ2n) is 8.61. The highest BCUT2D eigenvalue weighted by molar-refractivity contribution is 6.30. The third-order valence-corrected chi connectivity index (χ3v) is 6.15. The van der Waals surface area contributed by atoms with Crippen LogP contribution in [0.2, 0.25) is 5.02 Å². The SMILES string of the molecule is CC1(C)CC(=O)C2=C(C1)NC1=C(C(=O)c3ccccc31)[C@@H]2c1cccc(Cl)c1. The first kappa shape index (κ1) is 17.4. The van der Waals surface area contributed by atoms with E-state index in [1.165, 1.54) is 0 Å². The number of rotatable bonds is 1. The number of carbonyl (C=O) groups excluding carboxylic acids is 2. The predicted octanol–water partition coefficient (Wildman–Crippen LogP) is 5.28. The quantitative estimate of drug-likeness (QED) is 0.721. The highest BCUT2D eigenvalue weighted by Crippen LogP contribution is 2.51. The zero-order valence-electron chi connectivity index (χ0n) is 15.8. The third-order valence-electron chi connectivity index (χ3n) is 5.91. The molecule has 140 valence electrons. The predicted molar refractivity (Wildman–Crippen MR) is 110 cm³/mol. The van der Waals surface area contributed by atoms with Gasteiger partial charge in [0.1, 0.15) is 0 Å². The molecular weight excluding hydrogens is 370 g/mol. The maximum Gasteiger partial charge on any atom is 0.192 e. The Hall–Kier alpha value is -2.65. The number of fused-ring (bicyclic) bond motifs is 2. The Morgan fingerprint density at radius 3 is 2.46 bits per heavy atom. The van der Waals surface area contributed by atoms with Crippen molar-refractivity contribution in [1.29, 1.82) is 0 Å². The van der Waals surface area contributed by atoms with Crippen molar-refractivity contribution in [2.75, 3.05) is 0 Å². The van der Waals surface area contributed by atoms with Gasteiger partial charge in [-0.25, -0.2) is 0 Å². The Bertz CT molecular complexity index is 1120. The van der Waals surface area contributed by atoms with E-state index < -0.39 is 0 Å². The highest BCUT2D eigenvalue weighted by atomic mass is 35.5. The summed E-state index contributed by atoms with van der Waals surface area (Å²) in [5, 5.41) is 4.09. The monoisotopic (exact) mass is 389 g/mol. The zero-order valence-corrected chi connectivity index (χ0v) is 16.6. The van der Waals surface area contributed by atoms with Gasteiger partial charge >= 0.3 is 0 Å². The van der Waals surface area contributed by atoms with Crippen LogP contribution in [0.3, 0.4) is 0 Å². The molecule has 0 saturated heterocycles. The van der Waals surface area contributed by atoms with Crippen molar-refractivity contribution < 1.29 is 9.59 Å². The van der Waals surface area contributed by atoms with E-state index in [9.17, 15) is 9.59 Å². The van der Waals surface area contributed by atoms with Gasteiger partial charge in [0, 0.05) is 45.3 Å². The van der Waals surface area contributed by atoms with Crippen molar-refractivity contribution in [3.63, 3.8) is 0 Å². The minimum atomic E-state index is -0.381. The third kappa shape index (κ3) is 2.50. The Morgan fingerprint density at radius 1 is 0.964 bits per heavy atom. The smallest absolute Gasteiger partial charge is 0.192 e. The molecule has 3 nitrogen and oxygen atoms in total. The van der Waals surface area contributed by atoms with Crippen molar-refractivity contribution in [3.05, 3.63) is 87.1 Å². The van der Waals surface area contributed by atoms with E-state index in [-0.39, 0.29) is 22.9 Å². The van der Waals surface area contributed by atoms with Crippen LogP contribution in [-0.4, -0.2) is 11.6 Å². The molecule has 0 saturated carbocycles. The van der Waals surface area contributed by atoms with Crippen molar-refractivity contribution in [1.82, 2.24) is 5.32 Å². The van der Waals surface area contributed by atoms with Crippen molar-refractivity contribution in [3.8, 4) is 0 Å². The minimum Gasteiger partial charge on any atom is -0.358 e. The van der Waals surface area contributed by atoms with Gasteiger partial charge in [-0.1, -0.05) is 61.8 Å². The summed E-state index contributed by atoms with van der Waals surface area (Å²) >= 11 is 6.27. The summed E-state index contributed by atoms with van der Waals surface area (Å²) in [6.07, 6.45) is 1.26. The molecule has 4 heteroatoms. The normalized spacial score (nSPS) is 22.6. The molecule has 2 aliphatic carbocycles. The molecule has 0 radical (unpaired) electrons. The van der Waals surface area contributed by atoms with Gasteiger partial charge in [-0.05, 0) is 29.5 Å². The number of carbonyl (C=O) groups is 2. The lowest BCUT2D eigenvalue weighted by molar-refractivity contribution is -0.118. The fourth-order valence-corrected chi connectivity index (χ4v) is 5.01. The largest absolute Gasteiger partial charge is 0.358 e. The lowest BCUT2D eigenvalue weighted by Gasteiger charge is -2.39. The van der Waals surface area contributed by atoms with E-state index in [1.807, 2.05) is 48.5 Å². The van der Waals surface area contributed by atoms with Crippen LogP contribution in [0.25, 0.3) is 5.70 Å². The molecule has 0 bridgehead atoms. The van der Waals surface area contributed by atoms with Crippen molar-refractivity contribution >= 4 is 28.9 Å². The molecule has 0 amide bonds. The van der Waals surface area contributed by atoms with Crippen LogP contribution in [0.15, 0.2) is 65.4 Å². The van der Waals surface area contributed by atoms with Crippen LogP contribution in [0, 0.1) is 5.41 Å². The first-order chi connectivity index (χ1) is 13.4. The molecule has 0 aromatic heterocycles. The number of nitrogens with one attached hydrogen (secondary N) is 1. The number of hydrogen-bond acceptors (Lipinski definition) is 3. The highest BCUT2D eigenvalue weighted by Gasteiger charge is 2.46. The summed E-state index contributed by atoms with van der Waals surface area (Å²) in [6.45, 7) is 4.23. The van der Waals surface area contributed by atoms with Crippen LogP contribution in [-0.2, 0) is 4.79 Å². The molecule has 0 spiro atoms. The van der Waals surface area contributed by atoms with Crippen molar-refractivity contribution in [2.45, 2.75) is 32.6 Å².